The molecular formula is C23H25NO4. The van der Waals surface area contributed by atoms with Gasteiger partial charge in [-0.15, -0.1) is 0 Å². The van der Waals surface area contributed by atoms with E-state index in [9.17, 15) is 14.4 Å². The Labute approximate surface area is 165 Å². The van der Waals surface area contributed by atoms with Crippen molar-refractivity contribution in [2.24, 2.45) is 0 Å². The summed E-state index contributed by atoms with van der Waals surface area (Å²) in [5.74, 6) is -1.03. The standard InChI is InChI=1S/C23H25NO4/c1-15-6-9-20(16(2)12-15)24-22(26)14-28-23(27)11-10-21(25)19-8-7-17-4-3-5-18(17)13-19/h6-9,12-13H,3-5,10-11,14H2,1-2H3,(H,24,26). The van der Waals surface area contributed by atoms with E-state index in [0.717, 1.165) is 30.4 Å². The molecule has 0 radical (unpaired) electrons. The van der Waals surface area contributed by atoms with Gasteiger partial charge in [0.25, 0.3) is 5.91 Å². The number of rotatable bonds is 7. The predicted octanol–water partition coefficient (Wildman–Crippen LogP) is 3.94. The summed E-state index contributed by atoms with van der Waals surface area (Å²) in [6.45, 7) is 3.52. The average molecular weight is 379 g/mol. The van der Waals surface area contributed by atoms with Crippen molar-refractivity contribution in [3.8, 4) is 0 Å². The molecule has 0 fully saturated rings. The topological polar surface area (TPSA) is 72.5 Å². The third-order valence-corrected chi connectivity index (χ3v) is 5.00. The zero-order valence-corrected chi connectivity index (χ0v) is 16.3. The van der Waals surface area contributed by atoms with Gasteiger partial charge in [0.2, 0.25) is 0 Å². The first-order valence-corrected chi connectivity index (χ1v) is 9.60. The van der Waals surface area contributed by atoms with E-state index in [4.69, 9.17) is 4.74 Å². The van der Waals surface area contributed by atoms with E-state index in [1.807, 2.05) is 50.2 Å². The van der Waals surface area contributed by atoms with Crippen LogP contribution in [0.5, 0.6) is 0 Å². The highest BCUT2D eigenvalue weighted by Crippen LogP contribution is 2.23. The van der Waals surface area contributed by atoms with Gasteiger partial charge in [0.1, 0.15) is 0 Å². The molecule has 5 nitrogen and oxygen atoms in total. The Morgan fingerprint density at radius 2 is 1.75 bits per heavy atom. The predicted molar refractivity (Wildman–Crippen MR) is 108 cm³/mol. The molecule has 0 saturated carbocycles. The van der Waals surface area contributed by atoms with Gasteiger partial charge >= 0.3 is 5.97 Å². The quantitative estimate of drug-likeness (QED) is 0.584. The van der Waals surface area contributed by atoms with Gasteiger partial charge in [-0.2, -0.15) is 0 Å². The lowest BCUT2D eigenvalue weighted by molar-refractivity contribution is -0.147. The number of benzene rings is 2. The summed E-state index contributed by atoms with van der Waals surface area (Å²) in [6, 6.07) is 11.5. The Bertz CT molecular complexity index is 917. The molecule has 1 aliphatic rings. The van der Waals surface area contributed by atoms with Gasteiger partial charge in [-0.05, 0) is 61.9 Å². The molecule has 0 heterocycles. The van der Waals surface area contributed by atoms with Crippen molar-refractivity contribution in [3.05, 3.63) is 64.2 Å². The smallest absolute Gasteiger partial charge is 0.306 e. The molecule has 0 aromatic heterocycles. The van der Waals surface area contributed by atoms with E-state index in [0.29, 0.717) is 11.3 Å². The normalized spacial score (nSPS) is 12.4. The Balaban J connectivity index is 1.42. The minimum absolute atomic E-state index is 0.0350. The summed E-state index contributed by atoms with van der Waals surface area (Å²) in [7, 11) is 0. The van der Waals surface area contributed by atoms with Gasteiger partial charge in [0.15, 0.2) is 12.4 Å². The molecule has 0 atom stereocenters. The van der Waals surface area contributed by atoms with Crippen LogP contribution in [0.15, 0.2) is 36.4 Å². The van der Waals surface area contributed by atoms with Gasteiger partial charge < -0.3 is 10.1 Å². The molecule has 0 saturated heterocycles. The maximum Gasteiger partial charge on any atom is 0.306 e. The zero-order chi connectivity index (χ0) is 20.1. The number of fused-ring (bicyclic) bond motifs is 1. The highest BCUT2D eigenvalue weighted by molar-refractivity contribution is 5.98. The minimum atomic E-state index is -0.551. The van der Waals surface area contributed by atoms with Crippen LogP contribution >= 0.6 is 0 Å². The Hall–Kier alpha value is -2.95. The van der Waals surface area contributed by atoms with E-state index in [2.05, 4.69) is 5.32 Å². The summed E-state index contributed by atoms with van der Waals surface area (Å²) in [4.78, 5) is 36.2. The number of carbonyl (C=O) groups is 3. The van der Waals surface area contributed by atoms with E-state index in [1.54, 1.807) is 0 Å². The second-order valence-corrected chi connectivity index (χ2v) is 7.29. The van der Waals surface area contributed by atoms with Crippen molar-refractivity contribution in [3.63, 3.8) is 0 Å². The van der Waals surface area contributed by atoms with Crippen LogP contribution in [0.3, 0.4) is 0 Å². The fourth-order valence-corrected chi connectivity index (χ4v) is 3.46. The van der Waals surface area contributed by atoms with Gasteiger partial charge in [-0.3, -0.25) is 14.4 Å². The molecule has 146 valence electrons. The maximum absolute atomic E-state index is 12.3. The number of Topliss-reactive ketones (excluding diaryl/α,β-unsaturated/α-hetero) is 1. The third kappa shape index (κ3) is 5.06. The number of hydrogen-bond acceptors (Lipinski definition) is 4. The lowest BCUT2D eigenvalue weighted by Gasteiger charge is -2.09. The van der Waals surface area contributed by atoms with Crippen LogP contribution in [-0.4, -0.2) is 24.3 Å². The van der Waals surface area contributed by atoms with E-state index in [1.165, 1.54) is 11.1 Å². The second kappa shape index (κ2) is 8.83. The first-order chi connectivity index (χ1) is 13.4. The first kappa shape index (κ1) is 19.8. The van der Waals surface area contributed by atoms with E-state index in [-0.39, 0.29) is 25.2 Å². The van der Waals surface area contributed by atoms with Crippen LogP contribution in [0.4, 0.5) is 5.69 Å². The number of ketones is 1. The van der Waals surface area contributed by atoms with Gasteiger partial charge in [0.05, 0.1) is 6.42 Å². The zero-order valence-electron chi connectivity index (χ0n) is 16.3. The van der Waals surface area contributed by atoms with Crippen molar-refractivity contribution < 1.29 is 19.1 Å². The van der Waals surface area contributed by atoms with Gasteiger partial charge in [0, 0.05) is 17.7 Å². The van der Waals surface area contributed by atoms with Crippen LogP contribution in [-0.2, 0) is 27.2 Å². The van der Waals surface area contributed by atoms with Gasteiger partial charge in [-0.1, -0.05) is 29.8 Å². The number of anilines is 1. The number of ether oxygens (including phenoxy) is 1. The summed E-state index contributed by atoms with van der Waals surface area (Å²) < 4.78 is 5.00. The van der Waals surface area contributed by atoms with Crippen LogP contribution in [0.25, 0.3) is 0 Å². The molecule has 0 aliphatic heterocycles. The number of carbonyl (C=O) groups excluding carboxylic acids is 3. The SMILES string of the molecule is Cc1ccc(NC(=O)COC(=O)CCC(=O)c2ccc3c(c2)CCC3)c(C)c1. The van der Waals surface area contributed by atoms with Crippen LogP contribution in [0.2, 0.25) is 0 Å². The van der Waals surface area contributed by atoms with Crippen molar-refractivity contribution in [1.82, 2.24) is 0 Å². The Morgan fingerprint density at radius 3 is 2.54 bits per heavy atom. The third-order valence-electron chi connectivity index (χ3n) is 5.00. The molecule has 28 heavy (non-hydrogen) atoms. The monoisotopic (exact) mass is 379 g/mol. The minimum Gasteiger partial charge on any atom is -0.456 e. The molecular weight excluding hydrogens is 354 g/mol. The lowest BCUT2D eigenvalue weighted by Crippen LogP contribution is -2.21. The maximum atomic E-state index is 12.3. The van der Waals surface area contributed by atoms with Crippen LogP contribution < -0.4 is 5.32 Å². The van der Waals surface area contributed by atoms with Crippen molar-refractivity contribution >= 4 is 23.3 Å². The number of nitrogens with one attached hydrogen (secondary N) is 1. The summed E-state index contributed by atoms with van der Waals surface area (Å²) in [5, 5.41) is 2.72. The van der Waals surface area contributed by atoms with Crippen molar-refractivity contribution in [2.75, 3.05) is 11.9 Å². The second-order valence-electron chi connectivity index (χ2n) is 7.29. The number of esters is 1. The molecule has 1 aliphatic carbocycles. The van der Waals surface area contributed by atoms with Crippen LogP contribution in [0.1, 0.15) is 51.9 Å². The van der Waals surface area contributed by atoms with E-state index < -0.39 is 11.9 Å². The van der Waals surface area contributed by atoms with Gasteiger partial charge in [-0.25, -0.2) is 0 Å². The molecule has 3 rings (SSSR count). The number of aryl methyl sites for hydroxylation is 4. The fourth-order valence-electron chi connectivity index (χ4n) is 3.46. The molecule has 1 N–H and O–H groups in total. The Kier molecular flexibility index (Phi) is 6.24. The highest BCUT2D eigenvalue weighted by Gasteiger charge is 2.16. The molecule has 2 aromatic rings. The molecule has 0 unspecified atom stereocenters. The average Bonchev–Trinajstić information content (AvgIpc) is 3.14. The molecule has 2 aromatic carbocycles. The first-order valence-electron chi connectivity index (χ1n) is 9.60. The summed E-state index contributed by atoms with van der Waals surface area (Å²) in [6.07, 6.45) is 3.25. The number of amides is 1. The van der Waals surface area contributed by atoms with E-state index >= 15 is 0 Å². The molecule has 0 bridgehead atoms. The van der Waals surface area contributed by atoms with Crippen molar-refractivity contribution in [1.29, 1.82) is 0 Å². The molecule has 0 spiro atoms. The summed E-state index contributed by atoms with van der Waals surface area (Å²) >= 11 is 0. The van der Waals surface area contributed by atoms with Crippen molar-refractivity contribution in [2.45, 2.75) is 46.0 Å². The lowest BCUT2D eigenvalue weighted by atomic mass is 10.0. The largest absolute Gasteiger partial charge is 0.456 e. The number of hydrogen-bond donors (Lipinski definition) is 1. The summed E-state index contributed by atoms with van der Waals surface area (Å²) in [5.41, 5.74) is 5.93. The fraction of sp³-hybridized carbons (Fsp3) is 0.348. The Morgan fingerprint density at radius 1 is 0.964 bits per heavy atom. The highest BCUT2D eigenvalue weighted by atomic mass is 16.5. The van der Waals surface area contributed by atoms with Crippen LogP contribution in [0, 0.1) is 13.8 Å². The molecule has 1 amide bonds. The molecule has 5 heteroatoms.